The molecule has 0 aliphatic rings. The van der Waals surface area contributed by atoms with Gasteiger partial charge in [-0.15, -0.1) is 0 Å². The third-order valence-electron chi connectivity index (χ3n) is 1.54. The van der Waals surface area contributed by atoms with E-state index in [1.807, 2.05) is 0 Å². The van der Waals surface area contributed by atoms with Gasteiger partial charge in [0.2, 0.25) is 0 Å². The molecule has 0 fully saturated rings. The van der Waals surface area contributed by atoms with Gasteiger partial charge in [0, 0.05) is 0 Å². The van der Waals surface area contributed by atoms with Crippen molar-refractivity contribution in [2.75, 3.05) is 0 Å². The standard InChI is InChI=1S/C6H4Cl2O6S2.2Na.2H/c7-3-1-5(15(9,10)11)4(8)2-6(3)16(12,13)14;;;;/h1-2H,(H,9,10,11)(H,12,13,14);;;;. The maximum atomic E-state index is 10.8. The molecular weight excluding hydrogens is 349 g/mol. The summed E-state index contributed by atoms with van der Waals surface area (Å²) in [6, 6.07) is 1.25. The first-order valence-corrected chi connectivity index (χ1v) is 7.11. The Morgan fingerprint density at radius 2 is 1.00 bits per heavy atom. The Labute approximate surface area is 158 Å². The SMILES string of the molecule is O=S(=O)(O)c1cc(Cl)c(S(=O)(=O)O)cc1Cl.[NaH].[NaH]. The monoisotopic (exact) mass is 354 g/mol. The number of benzene rings is 1. The van der Waals surface area contributed by atoms with E-state index in [1.165, 1.54) is 0 Å². The molecule has 0 aliphatic heterocycles. The van der Waals surface area contributed by atoms with Crippen molar-refractivity contribution in [2.45, 2.75) is 9.79 Å². The molecular formula is C6H6Cl2Na2O6S2. The van der Waals surface area contributed by atoms with Gasteiger partial charge in [0.05, 0.1) is 10.0 Å². The van der Waals surface area contributed by atoms with Gasteiger partial charge in [0.25, 0.3) is 20.2 Å². The first kappa shape index (κ1) is 21.9. The van der Waals surface area contributed by atoms with E-state index in [-0.39, 0.29) is 59.1 Å². The van der Waals surface area contributed by atoms with E-state index < -0.39 is 40.1 Å². The van der Waals surface area contributed by atoms with Crippen LogP contribution in [0.2, 0.25) is 10.0 Å². The summed E-state index contributed by atoms with van der Waals surface area (Å²) in [5.41, 5.74) is 0. The molecule has 1 aromatic carbocycles. The van der Waals surface area contributed by atoms with Crippen molar-refractivity contribution in [2.24, 2.45) is 0 Å². The van der Waals surface area contributed by atoms with Crippen LogP contribution in [0.3, 0.4) is 0 Å². The Bertz CT molecular complexity index is 585. The van der Waals surface area contributed by atoms with Gasteiger partial charge in [-0.05, 0) is 12.1 Å². The predicted octanol–water partition coefficient (Wildman–Crippen LogP) is 0.190. The fourth-order valence-corrected chi connectivity index (χ4v) is 3.09. The molecule has 0 unspecified atom stereocenters. The van der Waals surface area contributed by atoms with E-state index in [1.54, 1.807) is 0 Å². The Hall–Kier alpha value is 1.62. The van der Waals surface area contributed by atoms with Gasteiger partial charge in [-0.2, -0.15) is 16.8 Å². The minimum atomic E-state index is -4.61. The van der Waals surface area contributed by atoms with Crippen LogP contribution in [0.5, 0.6) is 0 Å². The van der Waals surface area contributed by atoms with Crippen LogP contribution in [0.4, 0.5) is 0 Å². The van der Waals surface area contributed by atoms with Crippen LogP contribution < -0.4 is 0 Å². The van der Waals surface area contributed by atoms with Crippen LogP contribution in [-0.4, -0.2) is 85.1 Å². The van der Waals surface area contributed by atoms with Crippen LogP contribution >= 0.6 is 23.2 Å². The van der Waals surface area contributed by atoms with Crippen molar-refractivity contribution in [1.82, 2.24) is 0 Å². The van der Waals surface area contributed by atoms with Gasteiger partial charge >= 0.3 is 59.1 Å². The third-order valence-corrected chi connectivity index (χ3v) is 4.18. The summed E-state index contributed by atoms with van der Waals surface area (Å²) in [6.45, 7) is 0. The zero-order valence-electron chi connectivity index (χ0n) is 7.25. The fraction of sp³-hybridized carbons (Fsp3) is 0. The third kappa shape index (κ3) is 5.55. The molecule has 0 aromatic heterocycles. The first-order valence-electron chi connectivity index (χ1n) is 3.47. The molecule has 1 rings (SSSR count). The Balaban J connectivity index is 0. The number of hydrogen-bond acceptors (Lipinski definition) is 4. The summed E-state index contributed by atoms with van der Waals surface area (Å²) in [5, 5.41) is -1.14. The topological polar surface area (TPSA) is 109 Å². The van der Waals surface area contributed by atoms with Crippen molar-refractivity contribution in [3.8, 4) is 0 Å². The van der Waals surface area contributed by atoms with Gasteiger partial charge in [-0.1, -0.05) is 23.2 Å². The molecule has 0 spiro atoms. The zero-order chi connectivity index (χ0) is 12.7. The van der Waals surface area contributed by atoms with E-state index >= 15 is 0 Å². The molecule has 0 atom stereocenters. The minimum absolute atomic E-state index is 0. The summed E-state index contributed by atoms with van der Waals surface area (Å²) < 4.78 is 60.5. The second-order valence-electron chi connectivity index (χ2n) is 2.66. The predicted molar refractivity (Wildman–Crippen MR) is 70.4 cm³/mol. The van der Waals surface area contributed by atoms with Gasteiger partial charge in [-0.3, -0.25) is 9.11 Å². The normalized spacial score (nSPS) is 11.3. The molecule has 12 heteroatoms. The van der Waals surface area contributed by atoms with Crippen LogP contribution in [0.1, 0.15) is 0 Å². The van der Waals surface area contributed by atoms with Crippen molar-refractivity contribution < 1.29 is 25.9 Å². The van der Waals surface area contributed by atoms with E-state index in [2.05, 4.69) is 0 Å². The van der Waals surface area contributed by atoms with Crippen molar-refractivity contribution in [3.63, 3.8) is 0 Å². The van der Waals surface area contributed by atoms with Crippen LogP contribution in [0.25, 0.3) is 0 Å². The Morgan fingerprint density at radius 3 is 1.17 bits per heavy atom. The average Bonchev–Trinajstić information content (AvgIpc) is 2.04. The summed E-state index contributed by atoms with van der Waals surface area (Å²) in [4.78, 5) is -1.49. The van der Waals surface area contributed by atoms with Gasteiger partial charge in [-0.25, -0.2) is 0 Å². The van der Waals surface area contributed by atoms with E-state index in [9.17, 15) is 16.8 Å². The quantitative estimate of drug-likeness (QED) is 0.579. The molecule has 0 aliphatic carbocycles. The van der Waals surface area contributed by atoms with E-state index in [0.29, 0.717) is 12.1 Å². The van der Waals surface area contributed by atoms with E-state index in [4.69, 9.17) is 32.3 Å². The first-order chi connectivity index (χ1) is 7.03. The molecule has 1 aromatic rings. The fourth-order valence-electron chi connectivity index (χ4n) is 0.906. The summed E-state index contributed by atoms with van der Waals surface area (Å²) in [7, 11) is -9.22. The van der Waals surface area contributed by atoms with Crippen LogP contribution in [0, 0.1) is 0 Å². The second-order valence-corrected chi connectivity index (χ2v) is 6.26. The Kier molecular flexibility index (Phi) is 9.22. The van der Waals surface area contributed by atoms with Crippen LogP contribution in [-0.2, 0) is 20.2 Å². The molecule has 0 heterocycles. The van der Waals surface area contributed by atoms with E-state index in [0.717, 1.165) is 0 Å². The second kappa shape index (κ2) is 7.58. The summed E-state index contributed by atoms with van der Waals surface area (Å²) in [5.74, 6) is 0. The van der Waals surface area contributed by atoms with Crippen molar-refractivity contribution in [1.29, 1.82) is 0 Å². The molecule has 0 saturated heterocycles. The molecule has 6 nitrogen and oxygen atoms in total. The van der Waals surface area contributed by atoms with Crippen molar-refractivity contribution >= 4 is 103 Å². The molecule has 0 saturated carbocycles. The zero-order valence-corrected chi connectivity index (χ0v) is 10.4. The summed E-state index contributed by atoms with van der Waals surface area (Å²) >= 11 is 10.8. The number of halogens is 2. The summed E-state index contributed by atoms with van der Waals surface area (Å²) in [6.07, 6.45) is 0. The van der Waals surface area contributed by atoms with Crippen molar-refractivity contribution in [3.05, 3.63) is 22.2 Å². The molecule has 18 heavy (non-hydrogen) atoms. The number of hydrogen-bond donors (Lipinski definition) is 2. The maximum absolute atomic E-state index is 10.8. The van der Waals surface area contributed by atoms with Crippen LogP contribution in [0.15, 0.2) is 21.9 Å². The molecule has 2 N–H and O–H groups in total. The molecule has 0 amide bonds. The molecule has 0 radical (unpaired) electrons. The number of rotatable bonds is 2. The molecule has 0 bridgehead atoms. The average molecular weight is 355 g/mol. The molecule has 94 valence electrons. The van der Waals surface area contributed by atoms with Gasteiger partial charge in [0.1, 0.15) is 9.79 Å². The Morgan fingerprint density at radius 1 is 0.778 bits per heavy atom. The van der Waals surface area contributed by atoms with Gasteiger partial charge in [0.15, 0.2) is 0 Å². The van der Waals surface area contributed by atoms with Gasteiger partial charge < -0.3 is 0 Å².